The van der Waals surface area contributed by atoms with Gasteiger partial charge in [-0.2, -0.15) is 0 Å². The van der Waals surface area contributed by atoms with E-state index in [9.17, 15) is 10.1 Å². The molecule has 1 saturated carbocycles. The van der Waals surface area contributed by atoms with Crippen LogP contribution >= 0.6 is 0 Å². The summed E-state index contributed by atoms with van der Waals surface area (Å²) in [7, 11) is 0. The molecule has 5 nitrogen and oxygen atoms in total. The molecule has 1 heterocycles. The maximum absolute atomic E-state index is 10.9. The normalized spacial score (nSPS) is 30.4. The number of nitrogens with zero attached hydrogens (tertiary/aromatic N) is 3. The van der Waals surface area contributed by atoms with Gasteiger partial charge in [-0.05, 0) is 38.3 Å². The second kappa shape index (κ2) is 7.20. The van der Waals surface area contributed by atoms with E-state index in [1.54, 1.807) is 0 Å². The number of likely N-dealkylation sites (N-methyl/N-ethyl adjacent to an activating group) is 1. The van der Waals surface area contributed by atoms with Crippen molar-refractivity contribution < 1.29 is 4.92 Å². The van der Waals surface area contributed by atoms with Crippen molar-refractivity contribution in [3.8, 4) is 0 Å². The van der Waals surface area contributed by atoms with Crippen molar-refractivity contribution in [2.45, 2.75) is 45.1 Å². The van der Waals surface area contributed by atoms with Crippen molar-refractivity contribution in [1.29, 1.82) is 0 Å². The Morgan fingerprint density at radius 2 is 1.84 bits per heavy atom. The van der Waals surface area contributed by atoms with Crippen LogP contribution in [0.15, 0.2) is 0 Å². The minimum absolute atomic E-state index is 0.0633. The lowest BCUT2D eigenvalue weighted by molar-refractivity contribution is -0.528. The molecule has 0 radical (unpaired) electrons. The summed E-state index contributed by atoms with van der Waals surface area (Å²) in [6, 6.07) is -0.268. The quantitative estimate of drug-likeness (QED) is 0.564. The zero-order chi connectivity index (χ0) is 13.7. The first-order valence-corrected chi connectivity index (χ1v) is 7.77. The SMILES string of the molecule is CCN1CCN(CCC2CCCC([N+](=O)[O-])C2)CC1. The molecule has 19 heavy (non-hydrogen) atoms. The van der Waals surface area contributed by atoms with E-state index in [4.69, 9.17) is 0 Å². The molecule has 110 valence electrons. The Morgan fingerprint density at radius 3 is 2.47 bits per heavy atom. The standard InChI is InChI=1S/C14H27N3O2/c1-2-15-8-10-16(11-9-15)7-6-13-4-3-5-14(12-13)17(18)19/h13-14H,2-12H2,1H3. The smallest absolute Gasteiger partial charge is 0.213 e. The van der Waals surface area contributed by atoms with E-state index in [1.165, 1.54) is 32.6 Å². The Bertz CT molecular complexity index is 290. The van der Waals surface area contributed by atoms with Crippen molar-refractivity contribution in [3.05, 3.63) is 10.1 Å². The maximum atomic E-state index is 10.9. The number of hydrogen-bond acceptors (Lipinski definition) is 4. The summed E-state index contributed by atoms with van der Waals surface area (Å²) in [5.74, 6) is 0.577. The van der Waals surface area contributed by atoms with Crippen LogP contribution in [-0.2, 0) is 0 Å². The second-order valence-electron chi connectivity index (χ2n) is 6.04. The van der Waals surface area contributed by atoms with Crippen LogP contribution in [0.25, 0.3) is 0 Å². The minimum atomic E-state index is -0.268. The third kappa shape index (κ3) is 4.42. The molecule has 0 aromatic heterocycles. The predicted octanol–water partition coefficient (Wildman–Crippen LogP) is 1.85. The van der Waals surface area contributed by atoms with Crippen molar-refractivity contribution in [2.24, 2.45) is 5.92 Å². The van der Waals surface area contributed by atoms with Gasteiger partial charge in [-0.1, -0.05) is 6.92 Å². The van der Waals surface area contributed by atoms with Gasteiger partial charge in [0, 0.05) is 43.9 Å². The van der Waals surface area contributed by atoms with Crippen LogP contribution in [0.1, 0.15) is 39.0 Å². The van der Waals surface area contributed by atoms with E-state index in [-0.39, 0.29) is 11.0 Å². The van der Waals surface area contributed by atoms with Crippen LogP contribution in [0.4, 0.5) is 0 Å². The third-order valence-corrected chi connectivity index (χ3v) is 4.82. The van der Waals surface area contributed by atoms with Gasteiger partial charge in [-0.25, -0.2) is 0 Å². The fraction of sp³-hybridized carbons (Fsp3) is 1.00. The van der Waals surface area contributed by atoms with E-state index in [1.807, 2.05) is 0 Å². The maximum Gasteiger partial charge on any atom is 0.213 e. The lowest BCUT2D eigenvalue weighted by atomic mass is 9.84. The second-order valence-corrected chi connectivity index (χ2v) is 6.04. The number of piperazine rings is 1. The summed E-state index contributed by atoms with van der Waals surface area (Å²) in [5, 5.41) is 10.9. The first-order chi connectivity index (χ1) is 9.19. The van der Waals surface area contributed by atoms with Crippen LogP contribution in [0.2, 0.25) is 0 Å². The monoisotopic (exact) mass is 269 g/mol. The van der Waals surface area contributed by atoms with Gasteiger partial charge < -0.3 is 9.80 Å². The van der Waals surface area contributed by atoms with Crippen molar-refractivity contribution in [1.82, 2.24) is 9.80 Å². The molecule has 0 aromatic rings. The van der Waals surface area contributed by atoms with Gasteiger partial charge in [0.2, 0.25) is 6.04 Å². The third-order valence-electron chi connectivity index (χ3n) is 4.82. The molecule has 2 rings (SSSR count). The average molecular weight is 269 g/mol. The van der Waals surface area contributed by atoms with E-state index in [2.05, 4.69) is 16.7 Å². The summed E-state index contributed by atoms with van der Waals surface area (Å²) in [5.41, 5.74) is 0. The summed E-state index contributed by atoms with van der Waals surface area (Å²) in [6.45, 7) is 9.19. The Labute approximate surface area is 116 Å². The molecule has 0 N–H and O–H groups in total. The molecule has 0 bridgehead atoms. The van der Waals surface area contributed by atoms with Crippen LogP contribution in [0.3, 0.4) is 0 Å². The van der Waals surface area contributed by atoms with Gasteiger partial charge in [0.15, 0.2) is 0 Å². The highest BCUT2D eigenvalue weighted by molar-refractivity contribution is 4.76. The molecule has 5 heteroatoms. The fourth-order valence-electron chi connectivity index (χ4n) is 3.41. The zero-order valence-electron chi connectivity index (χ0n) is 12.1. The molecule has 1 aliphatic heterocycles. The van der Waals surface area contributed by atoms with Gasteiger partial charge in [0.05, 0.1) is 0 Å². The van der Waals surface area contributed by atoms with Gasteiger partial charge in [-0.3, -0.25) is 10.1 Å². The van der Waals surface area contributed by atoms with Gasteiger partial charge in [-0.15, -0.1) is 0 Å². The molecule has 0 aromatic carbocycles. The lowest BCUT2D eigenvalue weighted by Gasteiger charge is -2.35. The van der Waals surface area contributed by atoms with Crippen LogP contribution in [-0.4, -0.2) is 60.0 Å². The topological polar surface area (TPSA) is 49.6 Å². The summed E-state index contributed by atoms with van der Waals surface area (Å²) >= 11 is 0. The molecular weight excluding hydrogens is 242 g/mol. The zero-order valence-corrected chi connectivity index (χ0v) is 12.1. The van der Waals surface area contributed by atoms with Crippen LogP contribution in [0, 0.1) is 16.0 Å². The Kier molecular flexibility index (Phi) is 5.58. The van der Waals surface area contributed by atoms with E-state index >= 15 is 0 Å². The van der Waals surface area contributed by atoms with E-state index < -0.39 is 0 Å². The first kappa shape index (κ1) is 14.7. The number of hydrogen-bond donors (Lipinski definition) is 0. The predicted molar refractivity (Wildman–Crippen MR) is 75.9 cm³/mol. The lowest BCUT2D eigenvalue weighted by Crippen LogP contribution is -2.46. The molecule has 0 spiro atoms. The fourth-order valence-corrected chi connectivity index (χ4v) is 3.41. The van der Waals surface area contributed by atoms with E-state index in [0.29, 0.717) is 5.92 Å². The summed E-state index contributed by atoms with van der Waals surface area (Å²) < 4.78 is 0. The number of nitro groups is 1. The average Bonchev–Trinajstić information content (AvgIpc) is 2.46. The minimum Gasteiger partial charge on any atom is -0.301 e. The highest BCUT2D eigenvalue weighted by atomic mass is 16.6. The molecule has 2 atom stereocenters. The summed E-state index contributed by atoms with van der Waals surface area (Å²) in [6.07, 6.45) is 4.98. The van der Waals surface area contributed by atoms with E-state index in [0.717, 1.165) is 38.8 Å². The van der Waals surface area contributed by atoms with Gasteiger partial charge >= 0.3 is 0 Å². The molecule has 2 unspecified atom stereocenters. The van der Waals surface area contributed by atoms with Crippen molar-refractivity contribution >= 4 is 0 Å². The molecule has 0 amide bonds. The largest absolute Gasteiger partial charge is 0.301 e. The summed E-state index contributed by atoms with van der Waals surface area (Å²) in [4.78, 5) is 15.8. The molecular formula is C14H27N3O2. The Balaban J connectivity index is 1.66. The van der Waals surface area contributed by atoms with Crippen LogP contribution < -0.4 is 0 Å². The molecule has 2 fully saturated rings. The van der Waals surface area contributed by atoms with Gasteiger partial charge in [0.25, 0.3) is 0 Å². The highest BCUT2D eigenvalue weighted by Crippen LogP contribution is 2.28. The Morgan fingerprint density at radius 1 is 1.16 bits per heavy atom. The molecule has 1 aliphatic carbocycles. The molecule has 1 saturated heterocycles. The van der Waals surface area contributed by atoms with Gasteiger partial charge in [0.1, 0.15) is 0 Å². The number of rotatable bonds is 5. The molecule has 2 aliphatic rings. The highest BCUT2D eigenvalue weighted by Gasteiger charge is 2.29. The van der Waals surface area contributed by atoms with Crippen LogP contribution in [0.5, 0.6) is 0 Å². The first-order valence-electron chi connectivity index (χ1n) is 7.77. The Hall–Kier alpha value is -0.680. The van der Waals surface area contributed by atoms with Crippen molar-refractivity contribution in [2.75, 3.05) is 39.3 Å². The van der Waals surface area contributed by atoms with Crippen molar-refractivity contribution in [3.63, 3.8) is 0 Å².